The number of rotatable bonds is 4. The minimum Gasteiger partial charge on any atom is -0.325 e. The summed E-state index contributed by atoms with van der Waals surface area (Å²) >= 11 is 5.83. The first-order valence-electron chi connectivity index (χ1n) is 7.03. The van der Waals surface area contributed by atoms with Crippen molar-refractivity contribution in [2.24, 2.45) is 11.3 Å². The number of benzene rings is 1. The molecular formula is C16H19ClF3NO2. The fraction of sp³-hybridized carbons (Fsp3) is 0.500. The Morgan fingerprint density at radius 3 is 2.26 bits per heavy atom. The third-order valence-electron chi connectivity index (χ3n) is 3.26. The highest BCUT2D eigenvalue weighted by Gasteiger charge is 2.37. The fourth-order valence-electron chi connectivity index (χ4n) is 1.67. The van der Waals surface area contributed by atoms with E-state index >= 15 is 0 Å². The Hall–Kier alpha value is -1.56. The van der Waals surface area contributed by atoms with E-state index in [1.807, 2.05) is 0 Å². The quantitative estimate of drug-likeness (QED) is 0.769. The molecule has 3 nitrogen and oxygen atoms in total. The molecule has 1 rings (SSSR count). The summed E-state index contributed by atoms with van der Waals surface area (Å²) in [5, 5.41) is 2.78. The SMILES string of the molecule is CC(CC(=O)c1cc(Cl)ccc1NC(=O)C(C)(C)C)C(F)(F)F. The Morgan fingerprint density at radius 1 is 1.22 bits per heavy atom. The van der Waals surface area contributed by atoms with Crippen molar-refractivity contribution in [3.8, 4) is 0 Å². The van der Waals surface area contributed by atoms with E-state index in [1.54, 1.807) is 20.8 Å². The van der Waals surface area contributed by atoms with Gasteiger partial charge in [-0.3, -0.25) is 9.59 Å². The molecule has 0 aliphatic carbocycles. The molecule has 23 heavy (non-hydrogen) atoms. The third kappa shape index (κ3) is 5.53. The zero-order valence-electron chi connectivity index (χ0n) is 13.3. The molecule has 1 aromatic carbocycles. The lowest BCUT2D eigenvalue weighted by molar-refractivity contribution is -0.168. The first-order valence-corrected chi connectivity index (χ1v) is 7.41. The van der Waals surface area contributed by atoms with Gasteiger partial charge in [-0.25, -0.2) is 0 Å². The van der Waals surface area contributed by atoms with Crippen LogP contribution in [0.1, 0.15) is 44.5 Å². The van der Waals surface area contributed by atoms with E-state index in [-0.39, 0.29) is 22.2 Å². The fourth-order valence-corrected chi connectivity index (χ4v) is 1.84. The van der Waals surface area contributed by atoms with Crippen molar-refractivity contribution in [3.05, 3.63) is 28.8 Å². The number of amides is 1. The minimum atomic E-state index is -4.46. The molecular weight excluding hydrogens is 331 g/mol. The largest absolute Gasteiger partial charge is 0.391 e. The topological polar surface area (TPSA) is 46.2 Å². The highest BCUT2D eigenvalue weighted by Crippen LogP contribution is 2.31. The molecule has 7 heteroatoms. The zero-order chi connectivity index (χ0) is 18.0. The van der Waals surface area contributed by atoms with Gasteiger partial charge in [-0.05, 0) is 18.2 Å². The van der Waals surface area contributed by atoms with Crippen LogP contribution in [-0.2, 0) is 4.79 Å². The van der Waals surface area contributed by atoms with Crippen molar-refractivity contribution in [1.29, 1.82) is 0 Å². The predicted octanol–water partition coefficient (Wildman–Crippen LogP) is 5.10. The Bertz CT molecular complexity index is 606. The molecule has 0 aliphatic rings. The van der Waals surface area contributed by atoms with Crippen molar-refractivity contribution >= 4 is 29.0 Å². The van der Waals surface area contributed by atoms with Crippen LogP contribution in [0.25, 0.3) is 0 Å². The van der Waals surface area contributed by atoms with Crippen molar-refractivity contribution < 1.29 is 22.8 Å². The average Bonchev–Trinajstić information content (AvgIpc) is 2.38. The van der Waals surface area contributed by atoms with Crippen LogP contribution in [0.15, 0.2) is 18.2 Å². The number of carbonyl (C=O) groups excluding carboxylic acids is 2. The molecule has 0 aromatic heterocycles. The van der Waals surface area contributed by atoms with Crippen LogP contribution < -0.4 is 5.32 Å². The van der Waals surface area contributed by atoms with Gasteiger partial charge in [0.2, 0.25) is 5.91 Å². The van der Waals surface area contributed by atoms with E-state index in [0.29, 0.717) is 0 Å². The molecule has 0 saturated heterocycles. The van der Waals surface area contributed by atoms with E-state index in [4.69, 9.17) is 11.6 Å². The maximum atomic E-state index is 12.6. The van der Waals surface area contributed by atoms with Gasteiger partial charge in [0, 0.05) is 22.4 Å². The Labute approximate surface area is 138 Å². The molecule has 128 valence electrons. The summed E-state index contributed by atoms with van der Waals surface area (Å²) in [5.41, 5.74) is -0.570. The highest BCUT2D eigenvalue weighted by molar-refractivity contribution is 6.31. The van der Waals surface area contributed by atoms with E-state index in [1.165, 1.54) is 18.2 Å². The van der Waals surface area contributed by atoms with Gasteiger partial charge in [0.25, 0.3) is 0 Å². The van der Waals surface area contributed by atoms with Crippen LogP contribution in [0.5, 0.6) is 0 Å². The van der Waals surface area contributed by atoms with Crippen LogP contribution in [0.3, 0.4) is 0 Å². The van der Waals surface area contributed by atoms with Gasteiger partial charge in [-0.1, -0.05) is 39.3 Å². The van der Waals surface area contributed by atoms with Gasteiger partial charge in [0.05, 0.1) is 11.6 Å². The normalized spacial score (nSPS) is 13.6. The molecule has 0 bridgehead atoms. The average molecular weight is 350 g/mol. The molecule has 0 saturated carbocycles. The Morgan fingerprint density at radius 2 is 1.78 bits per heavy atom. The van der Waals surface area contributed by atoms with Crippen LogP contribution >= 0.6 is 11.6 Å². The summed E-state index contributed by atoms with van der Waals surface area (Å²) < 4.78 is 37.9. The molecule has 0 radical (unpaired) electrons. The van der Waals surface area contributed by atoms with E-state index in [0.717, 1.165) is 6.92 Å². The molecule has 0 heterocycles. The zero-order valence-corrected chi connectivity index (χ0v) is 14.1. The van der Waals surface area contributed by atoms with Gasteiger partial charge in [0.15, 0.2) is 5.78 Å². The van der Waals surface area contributed by atoms with E-state index in [9.17, 15) is 22.8 Å². The standard InChI is InChI=1S/C16H19ClF3NO2/c1-9(16(18,19)20)7-13(22)11-8-10(17)5-6-12(11)21-14(23)15(2,3)4/h5-6,8-9H,7H2,1-4H3,(H,21,23). The number of hydrogen-bond donors (Lipinski definition) is 1. The maximum absolute atomic E-state index is 12.6. The molecule has 1 N–H and O–H groups in total. The molecule has 0 aliphatic heterocycles. The second kappa shape index (κ2) is 6.91. The lowest BCUT2D eigenvalue weighted by Gasteiger charge is -2.20. The molecule has 0 fully saturated rings. The van der Waals surface area contributed by atoms with E-state index in [2.05, 4.69) is 5.32 Å². The lowest BCUT2D eigenvalue weighted by Crippen LogP contribution is -2.29. The smallest absolute Gasteiger partial charge is 0.325 e. The van der Waals surface area contributed by atoms with Gasteiger partial charge in [-0.2, -0.15) is 13.2 Å². The molecule has 1 aromatic rings. The number of carbonyl (C=O) groups is 2. The van der Waals surface area contributed by atoms with Gasteiger partial charge in [0.1, 0.15) is 0 Å². The van der Waals surface area contributed by atoms with Crippen molar-refractivity contribution in [2.75, 3.05) is 5.32 Å². The van der Waals surface area contributed by atoms with Crippen molar-refractivity contribution in [3.63, 3.8) is 0 Å². The number of ketones is 1. The monoisotopic (exact) mass is 349 g/mol. The van der Waals surface area contributed by atoms with Crippen LogP contribution in [0.4, 0.5) is 18.9 Å². The highest BCUT2D eigenvalue weighted by atomic mass is 35.5. The molecule has 1 unspecified atom stereocenters. The maximum Gasteiger partial charge on any atom is 0.391 e. The first-order chi connectivity index (χ1) is 10.3. The summed E-state index contributed by atoms with van der Waals surface area (Å²) in [6.45, 7) is 6.00. The number of halogens is 4. The third-order valence-corrected chi connectivity index (χ3v) is 3.50. The lowest BCUT2D eigenvalue weighted by atomic mass is 9.94. The Balaban J connectivity index is 3.08. The van der Waals surface area contributed by atoms with Crippen molar-refractivity contribution in [1.82, 2.24) is 0 Å². The van der Waals surface area contributed by atoms with Gasteiger partial charge >= 0.3 is 6.18 Å². The summed E-state index contributed by atoms with van der Waals surface area (Å²) in [7, 11) is 0. The van der Waals surface area contributed by atoms with Gasteiger partial charge < -0.3 is 5.32 Å². The number of alkyl halides is 3. The minimum absolute atomic E-state index is 0.0220. The van der Waals surface area contributed by atoms with Crippen LogP contribution in [0.2, 0.25) is 5.02 Å². The van der Waals surface area contributed by atoms with Crippen LogP contribution in [0, 0.1) is 11.3 Å². The second-order valence-electron chi connectivity index (χ2n) is 6.46. The van der Waals surface area contributed by atoms with Crippen LogP contribution in [-0.4, -0.2) is 17.9 Å². The molecule has 1 amide bonds. The summed E-state index contributed by atoms with van der Waals surface area (Å²) in [6, 6.07) is 4.15. The first kappa shape index (κ1) is 19.5. The molecule has 0 spiro atoms. The Kier molecular flexibility index (Phi) is 5.85. The van der Waals surface area contributed by atoms with Crippen molar-refractivity contribution in [2.45, 2.75) is 40.3 Å². The molecule has 1 atom stereocenters. The second-order valence-corrected chi connectivity index (χ2v) is 6.90. The number of nitrogens with one attached hydrogen (secondary N) is 1. The summed E-state index contributed by atoms with van der Waals surface area (Å²) in [4.78, 5) is 24.2. The summed E-state index contributed by atoms with van der Waals surface area (Å²) in [6.07, 6.45) is -5.16. The van der Waals surface area contributed by atoms with E-state index < -0.39 is 29.7 Å². The van der Waals surface area contributed by atoms with Gasteiger partial charge in [-0.15, -0.1) is 0 Å². The number of Topliss-reactive ketones (excluding diaryl/α,β-unsaturated/α-hetero) is 1. The number of anilines is 1. The predicted molar refractivity (Wildman–Crippen MR) is 83.7 cm³/mol. The number of hydrogen-bond acceptors (Lipinski definition) is 2. The summed E-state index contributed by atoms with van der Waals surface area (Å²) in [5.74, 6) is -2.85.